The van der Waals surface area contributed by atoms with Crippen LogP contribution in [0.2, 0.25) is 0 Å². The van der Waals surface area contributed by atoms with Crippen LogP contribution < -0.4 is 10.4 Å². The van der Waals surface area contributed by atoms with Gasteiger partial charge in [-0.15, -0.1) is 0 Å². The normalized spacial score (nSPS) is 21.9. The van der Waals surface area contributed by atoms with Crippen molar-refractivity contribution in [2.45, 2.75) is 25.6 Å². The molecule has 1 N–H and O–H groups in total. The number of carbonyl (C=O) groups excluding carboxylic acids is 3. The van der Waals surface area contributed by atoms with Gasteiger partial charge in [0, 0.05) is 12.6 Å². The molecular formula is C26H23N3O4. The summed E-state index contributed by atoms with van der Waals surface area (Å²) in [7, 11) is 0. The number of hydroxylamine groups is 1. The van der Waals surface area contributed by atoms with Gasteiger partial charge in [0.15, 0.2) is 6.10 Å². The first kappa shape index (κ1) is 20.9. The fourth-order valence-corrected chi connectivity index (χ4v) is 4.50. The van der Waals surface area contributed by atoms with Crippen LogP contribution in [0.5, 0.6) is 0 Å². The van der Waals surface area contributed by atoms with E-state index in [4.69, 9.17) is 4.84 Å². The summed E-state index contributed by atoms with van der Waals surface area (Å²) in [6, 6.07) is 25.7. The number of nitrogens with zero attached hydrogens (tertiary/aromatic N) is 2. The maximum absolute atomic E-state index is 13.5. The van der Waals surface area contributed by atoms with E-state index in [1.165, 1.54) is 11.8 Å². The molecule has 0 spiro atoms. The molecule has 0 unspecified atom stereocenters. The van der Waals surface area contributed by atoms with Gasteiger partial charge in [0.2, 0.25) is 11.8 Å². The quantitative estimate of drug-likeness (QED) is 0.611. The lowest BCUT2D eigenvalue weighted by Crippen LogP contribution is -2.36. The molecule has 33 heavy (non-hydrogen) atoms. The van der Waals surface area contributed by atoms with E-state index in [-0.39, 0.29) is 24.3 Å². The molecule has 0 saturated carbocycles. The highest BCUT2D eigenvalue weighted by atomic mass is 16.7. The smallest absolute Gasteiger partial charge is 0.262 e. The van der Waals surface area contributed by atoms with Crippen molar-refractivity contribution < 1.29 is 19.2 Å². The molecule has 0 radical (unpaired) electrons. The van der Waals surface area contributed by atoms with E-state index in [1.807, 2.05) is 72.8 Å². The monoisotopic (exact) mass is 441 g/mol. The molecule has 3 atom stereocenters. The average molecular weight is 441 g/mol. The van der Waals surface area contributed by atoms with Crippen LogP contribution in [0.25, 0.3) is 0 Å². The van der Waals surface area contributed by atoms with Crippen LogP contribution in [-0.4, -0.2) is 28.7 Å². The highest BCUT2D eigenvalue weighted by molar-refractivity contribution is 6.07. The number of imide groups is 1. The lowest BCUT2D eigenvalue weighted by molar-refractivity contribution is -0.143. The van der Waals surface area contributed by atoms with E-state index in [0.29, 0.717) is 5.69 Å². The lowest BCUT2D eigenvalue weighted by atomic mass is 9.90. The minimum atomic E-state index is -0.888. The number of nitrogens with one attached hydrogen (secondary N) is 1. The van der Waals surface area contributed by atoms with Crippen molar-refractivity contribution in [3.63, 3.8) is 0 Å². The molecule has 2 aliphatic rings. The Morgan fingerprint density at radius 1 is 0.879 bits per heavy atom. The van der Waals surface area contributed by atoms with Gasteiger partial charge in [-0.25, -0.2) is 5.06 Å². The van der Waals surface area contributed by atoms with Gasteiger partial charge in [-0.2, -0.15) is 0 Å². The Labute approximate surface area is 191 Å². The zero-order chi connectivity index (χ0) is 22.9. The van der Waals surface area contributed by atoms with Gasteiger partial charge in [-0.1, -0.05) is 60.7 Å². The molecule has 7 nitrogen and oxygen atoms in total. The third-order valence-electron chi connectivity index (χ3n) is 5.97. The van der Waals surface area contributed by atoms with Crippen LogP contribution in [0.1, 0.15) is 24.1 Å². The van der Waals surface area contributed by atoms with Gasteiger partial charge in [-0.3, -0.25) is 24.1 Å². The summed E-state index contributed by atoms with van der Waals surface area (Å²) < 4.78 is 0. The van der Waals surface area contributed by atoms with E-state index in [2.05, 4.69) is 5.32 Å². The fraction of sp³-hybridized carbons (Fsp3) is 0.192. The maximum Gasteiger partial charge on any atom is 0.262 e. The number of hydrogen-bond donors (Lipinski definition) is 1. The van der Waals surface area contributed by atoms with Crippen molar-refractivity contribution in [2.75, 3.05) is 10.4 Å². The Bertz CT molecular complexity index is 1180. The topological polar surface area (TPSA) is 79.0 Å². The molecule has 0 aliphatic carbocycles. The molecule has 2 aliphatic heterocycles. The van der Waals surface area contributed by atoms with Crippen LogP contribution in [0.3, 0.4) is 0 Å². The lowest BCUT2D eigenvalue weighted by Gasteiger charge is -2.29. The van der Waals surface area contributed by atoms with Crippen molar-refractivity contribution in [1.82, 2.24) is 4.90 Å². The summed E-state index contributed by atoms with van der Waals surface area (Å²) in [6.45, 7) is 1.67. The van der Waals surface area contributed by atoms with Crippen molar-refractivity contribution in [3.05, 3.63) is 96.1 Å². The highest BCUT2D eigenvalue weighted by Crippen LogP contribution is 2.47. The van der Waals surface area contributed by atoms with Gasteiger partial charge in [0.25, 0.3) is 5.91 Å². The van der Waals surface area contributed by atoms with Crippen LogP contribution in [-0.2, 0) is 25.8 Å². The second-order valence-electron chi connectivity index (χ2n) is 8.21. The standard InChI is InChI=1S/C26H23N3O4/c1-17(30)27-20-14-12-19(13-15-20)23-22-24(33-29(23)21-10-6-3-7-11-21)26(32)28(25(22)31)16-18-8-4-2-5-9-18/h2-15,22-24H,16H2,1H3,(H,27,30)/t22-,23+,24-/m1/s1. The molecule has 3 amide bonds. The number of rotatable bonds is 5. The summed E-state index contributed by atoms with van der Waals surface area (Å²) in [4.78, 5) is 45.6. The number of anilines is 2. The Morgan fingerprint density at radius 3 is 2.15 bits per heavy atom. The molecular weight excluding hydrogens is 418 g/mol. The van der Waals surface area contributed by atoms with Crippen LogP contribution >= 0.6 is 0 Å². The Balaban J connectivity index is 1.50. The van der Waals surface area contributed by atoms with Gasteiger partial charge in [0.05, 0.1) is 18.3 Å². The summed E-state index contributed by atoms with van der Waals surface area (Å²) in [5, 5.41) is 4.41. The predicted octanol–water partition coefficient (Wildman–Crippen LogP) is 3.69. The largest absolute Gasteiger partial charge is 0.326 e. The van der Waals surface area contributed by atoms with E-state index in [1.54, 1.807) is 17.2 Å². The first-order chi connectivity index (χ1) is 16.0. The SMILES string of the molecule is CC(=O)Nc1ccc([C@H]2[C@H]3C(=O)N(Cc4ccccc4)C(=O)[C@@H]3ON2c2ccccc2)cc1. The Morgan fingerprint density at radius 2 is 1.52 bits per heavy atom. The average Bonchev–Trinajstić information content (AvgIpc) is 3.33. The zero-order valence-corrected chi connectivity index (χ0v) is 18.0. The second-order valence-corrected chi connectivity index (χ2v) is 8.21. The van der Waals surface area contributed by atoms with Crippen molar-refractivity contribution in [1.29, 1.82) is 0 Å². The summed E-state index contributed by atoms with van der Waals surface area (Å²) in [5.41, 5.74) is 3.13. The number of para-hydroxylation sites is 1. The van der Waals surface area contributed by atoms with Crippen molar-refractivity contribution in [3.8, 4) is 0 Å². The van der Waals surface area contributed by atoms with Gasteiger partial charge in [-0.05, 0) is 35.4 Å². The molecule has 0 bridgehead atoms. The van der Waals surface area contributed by atoms with Crippen LogP contribution in [0, 0.1) is 5.92 Å². The molecule has 5 rings (SSSR count). The highest BCUT2D eigenvalue weighted by Gasteiger charge is 2.59. The molecule has 0 aromatic heterocycles. The minimum Gasteiger partial charge on any atom is -0.326 e. The number of likely N-dealkylation sites (tertiary alicyclic amines) is 1. The van der Waals surface area contributed by atoms with E-state index in [9.17, 15) is 14.4 Å². The van der Waals surface area contributed by atoms with Crippen molar-refractivity contribution >= 4 is 29.1 Å². The van der Waals surface area contributed by atoms with Crippen molar-refractivity contribution in [2.24, 2.45) is 5.92 Å². The molecule has 3 aromatic carbocycles. The Kier molecular flexibility index (Phi) is 5.40. The molecule has 2 saturated heterocycles. The molecule has 2 fully saturated rings. The molecule has 166 valence electrons. The van der Waals surface area contributed by atoms with E-state index >= 15 is 0 Å². The number of benzene rings is 3. The minimum absolute atomic E-state index is 0.161. The fourth-order valence-electron chi connectivity index (χ4n) is 4.50. The third kappa shape index (κ3) is 3.87. The molecule has 7 heteroatoms. The van der Waals surface area contributed by atoms with Gasteiger partial charge in [0.1, 0.15) is 5.92 Å². The first-order valence-corrected chi connectivity index (χ1v) is 10.8. The van der Waals surface area contributed by atoms with Crippen LogP contribution in [0.15, 0.2) is 84.9 Å². The predicted molar refractivity (Wildman–Crippen MR) is 123 cm³/mol. The number of carbonyl (C=O) groups is 3. The number of amides is 3. The molecule has 2 heterocycles. The van der Waals surface area contributed by atoms with Gasteiger partial charge >= 0.3 is 0 Å². The van der Waals surface area contributed by atoms with E-state index in [0.717, 1.165) is 16.8 Å². The van der Waals surface area contributed by atoms with Crippen LogP contribution in [0.4, 0.5) is 11.4 Å². The summed E-state index contributed by atoms with van der Waals surface area (Å²) in [5.74, 6) is -1.41. The zero-order valence-electron chi connectivity index (χ0n) is 18.0. The molecule has 3 aromatic rings. The number of hydrogen-bond acceptors (Lipinski definition) is 5. The summed E-state index contributed by atoms with van der Waals surface area (Å²) in [6.07, 6.45) is -0.888. The second kappa shape index (κ2) is 8.52. The Hall–Kier alpha value is -3.97. The first-order valence-electron chi connectivity index (χ1n) is 10.8. The third-order valence-corrected chi connectivity index (χ3v) is 5.97. The maximum atomic E-state index is 13.5. The van der Waals surface area contributed by atoms with E-state index < -0.39 is 18.1 Å². The van der Waals surface area contributed by atoms with Gasteiger partial charge < -0.3 is 5.32 Å². The number of fused-ring (bicyclic) bond motifs is 1. The summed E-state index contributed by atoms with van der Waals surface area (Å²) >= 11 is 0.